The molecule has 1 fully saturated rings. The van der Waals surface area contributed by atoms with E-state index in [0.29, 0.717) is 55.7 Å². The maximum atomic E-state index is 16.7. The summed E-state index contributed by atoms with van der Waals surface area (Å²) >= 11 is 8.19. The van der Waals surface area contributed by atoms with Gasteiger partial charge in [0.15, 0.2) is 18.1 Å². The average molecular weight is 791 g/mol. The van der Waals surface area contributed by atoms with E-state index < -0.39 is 24.1 Å². The Bertz CT molecular complexity index is 2290. The van der Waals surface area contributed by atoms with Gasteiger partial charge >= 0.3 is 0 Å². The molecule has 11 nitrogen and oxygen atoms in total. The van der Waals surface area contributed by atoms with Gasteiger partial charge in [0.1, 0.15) is 41.6 Å². The number of likely N-dealkylation sites (N-methyl/N-ethyl adjacent to an activating group) is 1. The highest BCUT2D eigenvalue weighted by atomic mass is 35.5. The molecule has 2 unspecified atom stereocenters. The number of aromatic nitrogens is 4. The van der Waals surface area contributed by atoms with Gasteiger partial charge in [0, 0.05) is 62.7 Å². The second kappa shape index (κ2) is 16.9. The van der Waals surface area contributed by atoms with Gasteiger partial charge in [0.05, 0.1) is 21.0 Å². The molecule has 2 aromatic carbocycles. The Morgan fingerprint density at radius 2 is 1.84 bits per heavy atom. The molecular formula is C40H41ClF2N6O5S. The normalized spacial score (nSPS) is 15.0. The maximum absolute atomic E-state index is 16.7. The topological polar surface area (TPSA) is 108 Å². The highest BCUT2D eigenvalue weighted by molar-refractivity contribution is 7.22. The van der Waals surface area contributed by atoms with E-state index in [4.69, 9.17) is 30.2 Å². The van der Waals surface area contributed by atoms with Crippen molar-refractivity contribution >= 4 is 38.9 Å². The van der Waals surface area contributed by atoms with Crippen molar-refractivity contribution < 1.29 is 32.2 Å². The van der Waals surface area contributed by atoms with Crippen molar-refractivity contribution in [2.24, 2.45) is 0 Å². The van der Waals surface area contributed by atoms with Crippen LogP contribution < -0.4 is 14.2 Å². The Balaban J connectivity index is 1.23. The first-order valence-corrected chi connectivity index (χ1v) is 19.2. The Labute approximate surface area is 326 Å². The number of thiophene rings is 1. The molecule has 0 aliphatic carbocycles. The van der Waals surface area contributed by atoms with Crippen LogP contribution in [-0.2, 0) is 17.9 Å². The number of Topliss-reactive ketones (excluding diaryl/α,β-unsaturated/α-hetero) is 1. The molecule has 288 valence electrons. The van der Waals surface area contributed by atoms with E-state index in [0.717, 1.165) is 38.4 Å². The Kier molecular flexibility index (Phi) is 11.8. The average Bonchev–Trinajstić information content (AvgIpc) is 3.94. The quantitative estimate of drug-likeness (QED) is 0.101. The van der Waals surface area contributed by atoms with Crippen LogP contribution in [0.3, 0.4) is 0 Å². The molecule has 7 rings (SSSR count). The van der Waals surface area contributed by atoms with Crippen LogP contribution in [0.25, 0.3) is 32.0 Å². The zero-order chi connectivity index (χ0) is 38.6. The number of carbonyl (C=O) groups is 1. The number of hydrogen-bond acceptors (Lipinski definition) is 11. The molecule has 0 spiro atoms. The number of furan rings is 1. The lowest BCUT2D eigenvalue weighted by Gasteiger charge is -2.32. The van der Waals surface area contributed by atoms with Gasteiger partial charge in [-0.15, -0.1) is 11.3 Å². The van der Waals surface area contributed by atoms with E-state index in [1.54, 1.807) is 41.2 Å². The number of para-hydroxylation sites is 1. The zero-order valence-electron chi connectivity index (χ0n) is 30.9. The third-order valence-electron chi connectivity index (χ3n) is 9.73. The highest BCUT2D eigenvalue weighted by Crippen LogP contribution is 2.50. The van der Waals surface area contributed by atoms with Gasteiger partial charge in [-0.05, 0) is 63.2 Å². The van der Waals surface area contributed by atoms with Crippen LogP contribution in [0.15, 0.2) is 71.5 Å². The predicted octanol–water partition coefficient (Wildman–Crippen LogP) is 8.19. The standard InChI is InChI=1S/C40H41ClF2N6O5S/c1-5-49-26(14-15-46-49)22-52-29-9-7-6-8-28(29)36(43)37(25(3)50)54-39-34-33(38(31-12-13-32(42)53-31)55-40(34)45-23-44-39)27-10-11-30(35(41)24(27)2)51-21-20-48-18-16-47(4)17-19-48/h6-15,23,36-37H,5,16-22H2,1-4H3. The first-order chi connectivity index (χ1) is 26.6. The molecular weight excluding hydrogens is 750 g/mol. The summed E-state index contributed by atoms with van der Waals surface area (Å²) in [5, 5.41) is 5.05. The number of halogens is 3. The molecule has 5 heterocycles. The Hall–Kier alpha value is -4.89. The van der Waals surface area contributed by atoms with Crippen molar-refractivity contribution in [2.45, 2.75) is 46.2 Å². The maximum Gasteiger partial charge on any atom is 0.278 e. The number of nitrogens with zero attached hydrogens (tertiary/aromatic N) is 6. The van der Waals surface area contributed by atoms with Crippen molar-refractivity contribution in [3.05, 3.63) is 95.0 Å². The number of benzene rings is 2. The van der Waals surface area contributed by atoms with Crippen LogP contribution in [0.2, 0.25) is 5.02 Å². The molecule has 1 saturated heterocycles. The number of ether oxygens (including phenoxy) is 3. The molecule has 15 heteroatoms. The number of aryl methyl sites for hydroxylation is 1. The fourth-order valence-corrected chi connectivity index (χ4v) is 7.98. The van der Waals surface area contributed by atoms with E-state index in [2.05, 4.69) is 31.9 Å². The number of rotatable bonds is 15. The van der Waals surface area contributed by atoms with Gasteiger partial charge < -0.3 is 23.5 Å². The van der Waals surface area contributed by atoms with Gasteiger partial charge in [0.25, 0.3) is 6.01 Å². The lowest BCUT2D eigenvalue weighted by atomic mass is 9.97. The van der Waals surface area contributed by atoms with Crippen LogP contribution in [-0.4, -0.2) is 87.8 Å². The minimum atomic E-state index is -1.94. The number of hydrogen-bond donors (Lipinski definition) is 0. The molecule has 1 aliphatic rings. The number of fused-ring (bicyclic) bond motifs is 1. The number of carbonyl (C=O) groups excluding carboxylic acids is 1. The summed E-state index contributed by atoms with van der Waals surface area (Å²) in [6.45, 7) is 11.1. The van der Waals surface area contributed by atoms with Crippen LogP contribution in [0.5, 0.6) is 17.4 Å². The first-order valence-electron chi connectivity index (χ1n) is 18.0. The zero-order valence-corrected chi connectivity index (χ0v) is 32.5. The molecule has 2 atom stereocenters. The van der Waals surface area contributed by atoms with E-state index in [1.807, 2.05) is 26.0 Å². The van der Waals surface area contributed by atoms with Gasteiger partial charge in [-0.3, -0.25) is 14.4 Å². The van der Waals surface area contributed by atoms with E-state index in [-0.39, 0.29) is 29.6 Å². The van der Waals surface area contributed by atoms with E-state index in [9.17, 15) is 9.18 Å². The summed E-state index contributed by atoms with van der Waals surface area (Å²) in [5.41, 5.74) is 2.80. The third kappa shape index (κ3) is 8.23. The largest absolute Gasteiger partial charge is 0.491 e. The second-order valence-corrected chi connectivity index (χ2v) is 14.7. The summed E-state index contributed by atoms with van der Waals surface area (Å²) in [7, 11) is 2.12. The third-order valence-corrected chi connectivity index (χ3v) is 11.3. The van der Waals surface area contributed by atoms with Crippen molar-refractivity contribution in [1.82, 2.24) is 29.5 Å². The second-order valence-electron chi connectivity index (χ2n) is 13.3. The molecule has 4 aromatic heterocycles. The summed E-state index contributed by atoms with van der Waals surface area (Å²) < 4.78 is 56.8. The predicted molar refractivity (Wildman–Crippen MR) is 207 cm³/mol. The van der Waals surface area contributed by atoms with Gasteiger partial charge in [-0.1, -0.05) is 35.9 Å². The van der Waals surface area contributed by atoms with Gasteiger partial charge in [-0.2, -0.15) is 9.49 Å². The Morgan fingerprint density at radius 1 is 1.04 bits per heavy atom. The van der Waals surface area contributed by atoms with Gasteiger partial charge in [-0.25, -0.2) is 14.4 Å². The summed E-state index contributed by atoms with van der Waals surface area (Å²) in [5.74, 6) is 0.417. The van der Waals surface area contributed by atoms with Crippen molar-refractivity contribution in [3.8, 4) is 39.1 Å². The molecule has 0 N–H and O–H groups in total. The molecule has 6 aromatic rings. The van der Waals surface area contributed by atoms with Crippen molar-refractivity contribution in [3.63, 3.8) is 0 Å². The van der Waals surface area contributed by atoms with Gasteiger partial charge in [0.2, 0.25) is 5.88 Å². The fourth-order valence-electron chi connectivity index (χ4n) is 6.65. The Morgan fingerprint density at radius 3 is 2.58 bits per heavy atom. The highest BCUT2D eigenvalue weighted by Gasteiger charge is 2.34. The first kappa shape index (κ1) is 38.4. The van der Waals surface area contributed by atoms with Crippen molar-refractivity contribution in [2.75, 3.05) is 46.4 Å². The van der Waals surface area contributed by atoms with Crippen LogP contribution in [0.1, 0.15) is 36.8 Å². The monoisotopic (exact) mass is 790 g/mol. The smallest absolute Gasteiger partial charge is 0.278 e. The number of alkyl halides is 1. The molecule has 1 aliphatic heterocycles. The summed E-state index contributed by atoms with van der Waals surface area (Å²) in [4.78, 5) is 27.7. The minimum Gasteiger partial charge on any atom is -0.491 e. The molecule has 55 heavy (non-hydrogen) atoms. The fraction of sp³-hybridized carbons (Fsp3) is 0.350. The molecule has 0 radical (unpaired) electrons. The lowest BCUT2D eigenvalue weighted by Crippen LogP contribution is -2.45. The lowest BCUT2D eigenvalue weighted by molar-refractivity contribution is -0.126. The SMILES string of the molecule is CCn1nccc1COc1ccccc1C(F)C(Oc1ncnc2sc(-c3ccc(F)o3)c(-c3ccc(OCCN4CCN(C)CC4)c(Cl)c3C)c12)C(C)=O. The van der Waals surface area contributed by atoms with Crippen LogP contribution in [0.4, 0.5) is 8.78 Å². The number of piperazine rings is 1. The van der Waals surface area contributed by atoms with Crippen LogP contribution >= 0.6 is 22.9 Å². The minimum absolute atomic E-state index is 0.0364. The summed E-state index contributed by atoms with van der Waals surface area (Å²) in [6.07, 6.45) is -0.592. The van der Waals surface area contributed by atoms with Crippen molar-refractivity contribution in [1.29, 1.82) is 0 Å². The molecule has 0 amide bonds. The van der Waals surface area contributed by atoms with Crippen LogP contribution in [0, 0.1) is 12.9 Å². The molecule has 0 saturated carbocycles. The van der Waals surface area contributed by atoms with E-state index >= 15 is 4.39 Å². The van der Waals surface area contributed by atoms with E-state index in [1.165, 1.54) is 36.7 Å². The molecule has 0 bridgehead atoms. The number of ketones is 1. The summed E-state index contributed by atoms with van der Waals surface area (Å²) in [6, 6.07) is 14.0.